The molecule has 0 atom stereocenters. The minimum absolute atomic E-state index is 0.0693. The molecule has 0 radical (unpaired) electrons. The molecule has 0 saturated heterocycles. The van der Waals surface area contributed by atoms with Gasteiger partial charge in [-0.15, -0.1) is 0 Å². The van der Waals surface area contributed by atoms with Crippen molar-refractivity contribution in [1.29, 1.82) is 0 Å². The number of sulfonamides is 1. The van der Waals surface area contributed by atoms with Gasteiger partial charge in [-0.2, -0.15) is 13.9 Å². The van der Waals surface area contributed by atoms with E-state index in [-0.39, 0.29) is 27.4 Å². The van der Waals surface area contributed by atoms with E-state index in [0.717, 1.165) is 6.07 Å². The number of imidazole rings is 1. The summed E-state index contributed by atoms with van der Waals surface area (Å²) >= 11 is 6.19. The summed E-state index contributed by atoms with van der Waals surface area (Å²) in [5, 5.41) is 7.20. The average Bonchev–Trinajstić information content (AvgIpc) is 3.26. The van der Waals surface area contributed by atoms with Crippen LogP contribution in [0.25, 0.3) is 28.2 Å². The number of rotatable bonds is 8. The minimum Gasteiger partial charge on any atom is -0.435 e. The van der Waals surface area contributed by atoms with E-state index >= 15 is 0 Å². The van der Waals surface area contributed by atoms with Crippen LogP contribution in [0.2, 0.25) is 5.15 Å². The van der Waals surface area contributed by atoms with Crippen molar-refractivity contribution in [3.63, 3.8) is 0 Å². The highest BCUT2D eigenvalue weighted by Crippen LogP contribution is 2.32. The van der Waals surface area contributed by atoms with E-state index in [1.54, 1.807) is 36.7 Å². The van der Waals surface area contributed by atoms with Crippen LogP contribution in [0.3, 0.4) is 0 Å². The Bertz CT molecular complexity index is 1840. The van der Waals surface area contributed by atoms with Crippen LogP contribution in [0.1, 0.15) is 6.92 Å². The summed E-state index contributed by atoms with van der Waals surface area (Å²) in [6, 6.07) is 12.9. The molecule has 4 heterocycles. The van der Waals surface area contributed by atoms with Crippen LogP contribution in [0.5, 0.6) is 5.75 Å². The molecule has 0 saturated carbocycles. The Morgan fingerprint density at radius 1 is 1.07 bits per heavy atom. The van der Waals surface area contributed by atoms with Gasteiger partial charge in [0, 0.05) is 42.7 Å². The molecule has 1 amide bonds. The van der Waals surface area contributed by atoms with Crippen molar-refractivity contribution in [2.24, 2.45) is 0 Å². The van der Waals surface area contributed by atoms with Gasteiger partial charge in [0.15, 0.2) is 16.6 Å². The highest BCUT2D eigenvalue weighted by molar-refractivity contribution is 7.92. The zero-order valence-corrected chi connectivity index (χ0v) is 22.0. The second-order valence-corrected chi connectivity index (χ2v) is 10.3. The van der Waals surface area contributed by atoms with E-state index in [0.29, 0.717) is 34.0 Å². The summed E-state index contributed by atoms with van der Waals surface area (Å²) in [5.74, 6) is -0.342. The number of fused-ring (bicyclic) bond motifs is 1. The largest absolute Gasteiger partial charge is 0.435 e. The monoisotopic (exact) mass is 585 g/mol. The molecule has 0 spiro atoms. The minimum atomic E-state index is -4.26. The van der Waals surface area contributed by atoms with Crippen LogP contribution in [0.4, 0.5) is 20.3 Å². The number of halogens is 3. The van der Waals surface area contributed by atoms with Crippen molar-refractivity contribution in [3.8, 4) is 28.3 Å². The summed E-state index contributed by atoms with van der Waals surface area (Å²) in [7, 11) is -4.26. The van der Waals surface area contributed by atoms with Crippen molar-refractivity contribution in [3.05, 3.63) is 78.3 Å². The SMILES string of the molecule is CC(=O)Nc1nc2ccc(-c3cnc(Cl)c(NS(=O)(=O)c4cccc(OC(F)F)c4)c3)nn2c1-c1ccncc1. The molecule has 5 rings (SSSR count). The summed E-state index contributed by atoms with van der Waals surface area (Å²) < 4.78 is 59.3. The fourth-order valence-electron chi connectivity index (χ4n) is 3.79. The van der Waals surface area contributed by atoms with Gasteiger partial charge < -0.3 is 10.1 Å². The van der Waals surface area contributed by atoms with Gasteiger partial charge in [0.05, 0.1) is 16.3 Å². The Balaban J connectivity index is 1.54. The van der Waals surface area contributed by atoms with Crippen molar-refractivity contribution in [2.45, 2.75) is 18.4 Å². The Morgan fingerprint density at radius 3 is 2.58 bits per heavy atom. The number of anilines is 2. The number of amides is 1. The molecule has 0 fully saturated rings. The lowest BCUT2D eigenvalue weighted by Gasteiger charge is -2.12. The van der Waals surface area contributed by atoms with Crippen molar-refractivity contribution < 1.29 is 26.7 Å². The lowest BCUT2D eigenvalue weighted by atomic mass is 10.2. The molecule has 2 N–H and O–H groups in total. The number of hydrogen-bond acceptors (Lipinski definition) is 8. The zero-order valence-electron chi connectivity index (χ0n) is 20.4. The quantitative estimate of drug-likeness (QED) is 0.246. The Labute approximate surface area is 230 Å². The number of hydrogen-bond donors (Lipinski definition) is 2. The second kappa shape index (κ2) is 10.8. The number of nitrogens with one attached hydrogen (secondary N) is 2. The number of aromatic nitrogens is 5. The van der Waals surface area contributed by atoms with Crippen molar-refractivity contribution >= 4 is 44.7 Å². The molecule has 11 nitrogen and oxygen atoms in total. The summed E-state index contributed by atoms with van der Waals surface area (Å²) in [6.07, 6.45) is 4.59. The van der Waals surface area contributed by atoms with Gasteiger partial charge in [-0.25, -0.2) is 22.9 Å². The fourth-order valence-corrected chi connectivity index (χ4v) is 5.09. The first-order valence-corrected chi connectivity index (χ1v) is 13.3. The van der Waals surface area contributed by atoms with Gasteiger partial charge >= 0.3 is 6.61 Å². The molecule has 0 aliphatic carbocycles. The molecular formula is C25H18ClF2N7O4S. The van der Waals surface area contributed by atoms with E-state index in [1.807, 2.05) is 0 Å². The lowest BCUT2D eigenvalue weighted by molar-refractivity contribution is -0.114. The van der Waals surface area contributed by atoms with Crippen molar-refractivity contribution in [1.82, 2.24) is 24.6 Å². The number of alkyl halides is 2. The number of benzene rings is 1. The van der Waals surface area contributed by atoms with E-state index in [9.17, 15) is 22.0 Å². The summed E-state index contributed by atoms with van der Waals surface area (Å²) in [5.41, 5.74) is 2.34. The first-order valence-electron chi connectivity index (χ1n) is 11.4. The second-order valence-electron chi connectivity index (χ2n) is 8.24. The molecule has 4 aromatic heterocycles. The summed E-state index contributed by atoms with van der Waals surface area (Å²) in [6.45, 7) is -1.75. The number of carbonyl (C=O) groups is 1. The van der Waals surface area contributed by atoms with Crippen LogP contribution in [0, 0.1) is 0 Å². The fraction of sp³-hybridized carbons (Fsp3) is 0.0800. The summed E-state index contributed by atoms with van der Waals surface area (Å²) in [4.78, 5) is 24.0. The van der Waals surface area contributed by atoms with E-state index in [2.05, 4.69) is 34.8 Å². The van der Waals surface area contributed by atoms with E-state index < -0.39 is 16.6 Å². The Kier molecular flexibility index (Phi) is 7.28. The number of pyridine rings is 2. The Hall–Kier alpha value is -4.69. The Morgan fingerprint density at radius 2 is 1.85 bits per heavy atom. The van der Waals surface area contributed by atoms with Gasteiger partial charge in [-0.3, -0.25) is 14.5 Å². The van der Waals surface area contributed by atoms with Crippen LogP contribution in [0.15, 0.2) is 78.1 Å². The third-order valence-electron chi connectivity index (χ3n) is 5.45. The van der Waals surface area contributed by atoms with E-state index in [4.69, 9.17) is 11.6 Å². The third kappa shape index (κ3) is 5.67. The van der Waals surface area contributed by atoms with Gasteiger partial charge in [0.25, 0.3) is 10.0 Å². The molecule has 15 heteroatoms. The first kappa shape index (κ1) is 26.9. The number of carbonyl (C=O) groups excluding carboxylic acids is 1. The van der Waals surface area contributed by atoms with Crippen molar-refractivity contribution in [2.75, 3.05) is 10.0 Å². The maximum atomic E-state index is 13.0. The molecular weight excluding hydrogens is 568 g/mol. The smallest absolute Gasteiger partial charge is 0.387 e. The van der Waals surface area contributed by atoms with E-state index in [1.165, 1.54) is 41.9 Å². The van der Waals surface area contributed by atoms with Gasteiger partial charge in [0.1, 0.15) is 11.4 Å². The molecule has 0 bridgehead atoms. The topological polar surface area (TPSA) is 140 Å². The molecule has 1 aromatic carbocycles. The molecule has 0 unspecified atom stereocenters. The van der Waals surface area contributed by atoms with Gasteiger partial charge in [-0.05, 0) is 42.5 Å². The molecule has 40 heavy (non-hydrogen) atoms. The molecule has 204 valence electrons. The third-order valence-corrected chi connectivity index (χ3v) is 7.11. The number of nitrogens with zero attached hydrogens (tertiary/aromatic N) is 5. The predicted molar refractivity (Wildman–Crippen MR) is 143 cm³/mol. The maximum Gasteiger partial charge on any atom is 0.387 e. The molecule has 0 aliphatic rings. The zero-order chi connectivity index (χ0) is 28.4. The maximum absolute atomic E-state index is 13.0. The van der Waals surface area contributed by atoms with Crippen LogP contribution >= 0.6 is 11.6 Å². The average molecular weight is 586 g/mol. The number of ether oxygens (including phenoxy) is 1. The van der Waals surface area contributed by atoms with Crippen LogP contribution in [-0.2, 0) is 14.8 Å². The van der Waals surface area contributed by atoms with Gasteiger partial charge in [0.2, 0.25) is 5.91 Å². The highest BCUT2D eigenvalue weighted by Gasteiger charge is 2.20. The standard InChI is InChI=1S/C25H18ClF2N7O4S/c1-14(36)31-24-22(15-7-9-29-10-8-15)35-21(32-24)6-5-19(33-35)16-11-20(23(26)30-13-16)34-40(37,38)18-4-2-3-17(12-18)39-25(27)28/h2-13,25,34H,1H3,(H,31,36). The van der Waals surface area contributed by atoms with Gasteiger partial charge in [-0.1, -0.05) is 17.7 Å². The normalized spacial score (nSPS) is 11.5. The lowest BCUT2D eigenvalue weighted by Crippen LogP contribution is -2.14. The molecule has 5 aromatic rings. The predicted octanol–water partition coefficient (Wildman–Crippen LogP) is 4.87. The van der Waals surface area contributed by atoms with Crippen LogP contribution in [-0.4, -0.2) is 45.5 Å². The molecule has 0 aliphatic heterocycles. The highest BCUT2D eigenvalue weighted by atomic mass is 35.5. The van der Waals surface area contributed by atoms with Crippen LogP contribution < -0.4 is 14.8 Å². The first-order chi connectivity index (χ1) is 19.1.